The van der Waals surface area contributed by atoms with E-state index in [1.54, 1.807) is 18.3 Å². The molecule has 0 aliphatic carbocycles. The van der Waals surface area contributed by atoms with E-state index in [9.17, 15) is 4.79 Å². The van der Waals surface area contributed by atoms with Crippen molar-refractivity contribution in [2.45, 2.75) is 58.9 Å². The number of carbonyl (C=O) groups is 1. The number of nitrogens with one attached hydrogen (secondary N) is 2. The van der Waals surface area contributed by atoms with Crippen LogP contribution in [0.1, 0.15) is 62.8 Å². The maximum atomic E-state index is 12.9. The van der Waals surface area contributed by atoms with Crippen LogP contribution in [0.15, 0.2) is 55.0 Å². The summed E-state index contributed by atoms with van der Waals surface area (Å²) in [5, 5.41) is 11.3. The monoisotopic (exact) mass is 498 g/mol. The Morgan fingerprint density at radius 2 is 1.81 bits per heavy atom. The molecule has 4 N–H and O–H groups in total. The van der Waals surface area contributed by atoms with E-state index in [1.165, 1.54) is 19.3 Å². The smallest absolute Gasteiger partial charge is 0.274 e. The lowest BCUT2D eigenvalue weighted by molar-refractivity contribution is -0.110. The van der Waals surface area contributed by atoms with Gasteiger partial charge in [-0.25, -0.2) is 0 Å². The number of piperidine rings is 1. The van der Waals surface area contributed by atoms with Gasteiger partial charge in [-0.3, -0.25) is 25.1 Å². The maximum Gasteiger partial charge on any atom is 0.274 e. The van der Waals surface area contributed by atoms with E-state index in [-0.39, 0.29) is 5.71 Å². The third-order valence-electron chi connectivity index (χ3n) is 7.27. The number of amides is 1. The van der Waals surface area contributed by atoms with E-state index in [0.717, 1.165) is 61.3 Å². The minimum atomic E-state index is -0.518. The van der Waals surface area contributed by atoms with Crippen molar-refractivity contribution < 1.29 is 4.79 Å². The van der Waals surface area contributed by atoms with Crippen LogP contribution in [0.25, 0.3) is 11.1 Å². The van der Waals surface area contributed by atoms with Crippen molar-refractivity contribution in [2.75, 3.05) is 24.1 Å². The number of nitrogens with zero attached hydrogens (tertiary/aromatic N) is 3. The van der Waals surface area contributed by atoms with Gasteiger partial charge in [-0.1, -0.05) is 39.2 Å². The summed E-state index contributed by atoms with van der Waals surface area (Å²) in [4.78, 5) is 24.3. The average Bonchev–Trinajstić information content (AvgIpc) is 2.93. The molecule has 1 aliphatic heterocycles. The van der Waals surface area contributed by atoms with Crippen LogP contribution in [-0.4, -0.2) is 39.6 Å². The van der Waals surface area contributed by atoms with Crippen LogP contribution in [0.5, 0.6) is 0 Å². The number of rotatable bonds is 10. The van der Waals surface area contributed by atoms with Crippen LogP contribution < -0.4 is 11.1 Å². The summed E-state index contributed by atoms with van der Waals surface area (Å²) in [5.41, 5.74) is 11.3. The zero-order valence-corrected chi connectivity index (χ0v) is 22.0. The summed E-state index contributed by atoms with van der Waals surface area (Å²) in [7, 11) is 0. The van der Waals surface area contributed by atoms with Crippen LogP contribution >= 0.6 is 0 Å². The van der Waals surface area contributed by atoms with Crippen LogP contribution in [0.2, 0.25) is 0 Å². The number of likely N-dealkylation sites (tertiary alicyclic amines) is 1. The first-order valence-electron chi connectivity index (χ1n) is 13.4. The molecule has 37 heavy (non-hydrogen) atoms. The second-order valence-corrected chi connectivity index (χ2v) is 9.97. The van der Waals surface area contributed by atoms with Gasteiger partial charge in [0.1, 0.15) is 5.71 Å². The molecule has 1 aromatic carbocycles. The lowest BCUT2D eigenvalue weighted by atomic mass is 9.97. The fourth-order valence-corrected chi connectivity index (χ4v) is 4.87. The second kappa shape index (κ2) is 12.6. The summed E-state index contributed by atoms with van der Waals surface area (Å²) < 4.78 is 0. The Labute approximate surface area is 220 Å². The van der Waals surface area contributed by atoms with Gasteiger partial charge in [-0.15, -0.1) is 0 Å². The van der Waals surface area contributed by atoms with Gasteiger partial charge in [0.15, 0.2) is 0 Å². The van der Waals surface area contributed by atoms with Gasteiger partial charge in [0, 0.05) is 41.4 Å². The first kappa shape index (κ1) is 26.5. The first-order valence-corrected chi connectivity index (χ1v) is 13.4. The van der Waals surface area contributed by atoms with Crippen molar-refractivity contribution in [1.29, 1.82) is 5.41 Å². The number of pyridine rings is 2. The number of hydrogen-bond donors (Lipinski definition) is 3. The van der Waals surface area contributed by atoms with Gasteiger partial charge in [-0.2, -0.15) is 0 Å². The van der Waals surface area contributed by atoms with Crippen molar-refractivity contribution >= 4 is 23.0 Å². The number of aromatic nitrogens is 2. The molecule has 1 fully saturated rings. The summed E-state index contributed by atoms with van der Waals surface area (Å²) in [6.07, 6.45) is 12.3. The molecular formula is C30H38N6O. The molecule has 2 aromatic heterocycles. The standard InChI is InChI=1S/C30H38N6O/c1-3-21(4-2)15-25-9-10-26(19-34-25)35-30(37)29(32)27-16-23(8-11-28(27)31)24-14-22(17-33-18-24)20-36-12-6-5-7-13-36/h8-11,14,16-19,21,32H,3-7,12-13,15,20,31H2,1-2H3,(H,35,37). The Morgan fingerprint density at radius 1 is 1.03 bits per heavy atom. The van der Waals surface area contributed by atoms with Gasteiger partial charge in [0.05, 0.1) is 11.9 Å². The molecule has 7 nitrogen and oxygen atoms in total. The van der Waals surface area contributed by atoms with E-state index in [0.29, 0.717) is 22.9 Å². The zero-order chi connectivity index (χ0) is 26.2. The van der Waals surface area contributed by atoms with Crippen molar-refractivity contribution in [3.05, 3.63) is 71.8 Å². The lowest BCUT2D eigenvalue weighted by Crippen LogP contribution is -2.29. The summed E-state index contributed by atoms with van der Waals surface area (Å²) in [6, 6.07) is 11.4. The van der Waals surface area contributed by atoms with Crippen LogP contribution in [0.4, 0.5) is 11.4 Å². The molecule has 1 amide bonds. The van der Waals surface area contributed by atoms with Gasteiger partial charge in [0.2, 0.25) is 0 Å². The highest BCUT2D eigenvalue weighted by Gasteiger charge is 2.17. The number of benzene rings is 1. The topological polar surface area (TPSA) is 108 Å². The highest BCUT2D eigenvalue weighted by atomic mass is 16.1. The Balaban J connectivity index is 1.45. The normalized spacial score (nSPS) is 14.0. The molecule has 0 unspecified atom stereocenters. The summed E-state index contributed by atoms with van der Waals surface area (Å²) >= 11 is 0. The van der Waals surface area contributed by atoms with Crippen LogP contribution in [0, 0.1) is 11.3 Å². The fourth-order valence-electron chi connectivity index (χ4n) is 4.87. The van der Waals surface area contributed by atoms with E-state index >= 15 is 0 Å². The highest BCUT2D eigenvalue weighted by Crippen LogP contribution is 2.26. The Bertz CT molecular complexity index is 1210. The second-order valence-electron chi connectivity index (χ2n) is 9.97. The largest absolute Gasteiger partial charge is 0.398 e. The number of nitrogen functional groups attached to an aromatic ring is 1. The van der Waals surface area contributed by atoms with Gasteiger partial charge < -0.3 is 11.1 Å². The third kappa shape index (κ3) is 7.01. The molecular weight excluding hydrogens is 460 g/mol. The van der Waals surface area contributed by atoms with Crippen LogP contribution in [0.3, 0.4) is 0 Å². The summed E-state index contributed by atoms with van der Waals surface area (Å²) in [6.45, 7) is 7.51. The van der Waals surface area contributed by atoms with Crippen molar-refractivity contribution in [3.63, 3.8) is 0 Å². The molecule has 0 saturated carbocycles. The fraction of sp³-hybridized carbons (Fsp3) is 0.400. The third-order valence-corrected chi connectivity index (χ3v) is 7.27. The van der Waals surface area contributed by atoms with Crippen molar-refractivity contribution in [3.8, 4) is 11.1 Å². The molecule has 0 bridgehead atoms. The van der Waals surface area contributed by atoms with Crippen molar-refractivity contribution in [2.24, 2.45) is 5.92 Å². The van der Waals surface area contributed by atoms with E-state index < -0.39 is 5.91 Å². The molecule has 4 rings (SSSR count). The molecule has 1 aliphatic rings. The predicted octanol–water partition coefficient (Wildman–Crippen LogP) is 5.70. The highest BCUT2D eigenvalue weighted by molar-refractivity contribution is 6.48. The Kier molecular flexibility index (Phi) is 9.01. The number of carbonyl (C=O) groups excluding carboxylic acids is 1. The quantitative estimate of drug-likeness (QED) is 0.246. The van der Waals surface area contributed by atoms with Crippen molar-refractivity contribution in [1.82, 2.24) is 14.9 Å². The maximum absolute atomic E-state index is 12.9. The predicted molar refractivity (Wildman–Crippen MR) is 151 cm³/mol. The minimum Gasteiger partial charge on any atom is -0.398 e. The molecule has 0 radical (unpaired) electrons. The zero-order valence-electron chi connectivity index (χ0n) is 22.0. The van der Waals surface area contributed by atoms with Gasteiger partial charge in [0.25, 0.3) is 5.91 Å². The SMILES string of the molecule is CCC(CC)Cc1ccc(NC(=O)C(=N)c2cc(-c3cncc(CN4CCCCC4)c3)ccc2N)cn1. The first-order chi connectivity index (χ1) is 18.0. The number of nitrogens with two attached hydrogens (primary N) is 1. The lowest BCUT2D eigenvalue weighted by Gasteiger charge is -2.26. The van der Waals surface area contributed by atoms with Gasteiger partial charge in [-0.05, 0) is 79.7 Å². The molecule has 7 heteroatoms. The minimum absolute atomic E-state index is 0.183. The summed E-state index contributed by atoms with van der Waals surface area (Å²) in [5.74, 6) is 0.0902. The van der Waals surface area contributed by atoms with Gasteiger partial charge >= 0.3 is 0 Å². The molecule has 194 valence electrons. The van der Waals surface area contributed by atoms with E-state index in [4.69, 9.17) is 11.1 Å². The molecule has 0 atom stereocenters. The van der Waals surface area contributed by atoms with E-state index in [2.05, 4.69) is 40.1 Å². The average molecular weight is 499 g/mol. The Morgan fingerprint density at radius 3 is 2.51 bits per heavy atom. The molecule has 3 aromatic rings. The molecule has 1 saturated heterocycles. The molecule has 0 spiro atoms. The van der Waals surface area contributed by atoms with E-state index in [1.807, 2.05) is 30.6 Å². The number of anilines is 2. The molecule has 3 heterocycles. The number of hydrogen-bond acceptors (Lipinski definition) is 6. The Hall–Kier alpha value is -3.58. The van der Waals surface area contributed by atoms with Crippen LogP contribution in [-0.2, 0) is 17.8 Å².